The SMILES string of the molecule is CC.CN.OC(Cc1ccc(-c2ccccc2)cn1)C1=CCNC=C1. The summed E-state index contributed by atoms with van der Waals surface area (Å²) in [6.07, 6.45) is 7.67. The van der Waals surface area contributed by atoms with Crippen LogP contribution in [0.15, 0.2) is 72.6 Å². The number of aromatic nitrogens is 1. The minimum absolute atomic E-state index is 0.501. The molecule has 25 heavy (non-hydrogen) atoms. The molecule has 1 aromatic carbocycles. The molecular weight excluding hydrogens is 310 g/mol. The Morgan fingerprint density at radius 2 is 1.80 bits per heavy atom. The van der Waals surface area contributed by atoms with Crippen LogP contribution in [-0.2, 0) is 6.42 Å². The first-order chi connectivity index (χ1) is 12.3. The van der Waals surface area contributed by atoms with E-state index in [1.165, 1.54) is 7.05 Å². The zero-order valence-electron chi connectivity index (χ0n) is 15.3. The number of hydrogen-bond acceptors (Lipinski definition) is 4. The number of hydrogen-bond donors (Lipinski definition) is 3. The molecule has 4 heteroatoms. The summed E-state index contributed by atoms with van der Waals surface area (Å²) in [4.78, 5) is 4.46. The van der Waals surface area contributed by atoms with E-state index in [2.05, 4.69) is 34.2 Å². The largest absolute Gasteiger partial charge is 0.388 e. The van der Waals surface area contributed by atoms with Crippen LogP contribution in [0, 0.1) is 0 Å². The molecule has 1 aliphatic rings. The summed E-state index contributed by atoms with van der Waals surface area (Å²) in [6, 6.07) is 14.2. The zero-order valence-corrected chi connectivity index (χ0v) is 15.3. The number of pyridine rings is 1. The maximum Gasteiger partial charge on any atom is 0.0843 e. The van der Waals surface area contributed by atoms with E-state index in [1.807, 2.05) is 62.7 Å². The Bertz CT molecular complexity index is 649. The van der Waals surface area contributed by atoms with E-state index in [0.717, 1.165) is 28.9 Å². The Morgan fingerprint density at radius 1 is 1.08 bits per heavy atom. The summed E-state index contributed by atoms with van der Waals surface area (Å²) in [5.74, 6) is 0. The second kappa shape index (κ2) is 12.0. The van der Waals surface area contributed by atoms with Crippen molar-refractivity contribution in [3.05, 3.63) is 78.3 Å². The number of rotatable bonds is 4. The number of nitrogens with two attached hydrogens (primary N) is 1. The second-order valence-electron chi connectivity index (χ2n) is 5.07. The van der Waals surface area contributed by atoms with Crippen molar-refractivity contribution in [1.82, 2.24) is 10.3 Å². The molecule has 2 heterocycles. The van der Waals surface area contributed by atoms with Crippen LogP contribution >= 0.6 is 0 Å². The Balaban J connectivity index is 0.000000730. The molecule has 2 aromatic rings. The molecule has 4 nitrogen and oxygen atoms in total. The molecule has 0 fully saturated rings. The van der Waals surface area contributed by atoms with Crippen LogP contribution in [0.5, 0.6) is 0 Å². The molecule has 0 spiro atoms. The van der Waals surface area contributed by atoms with Crippen molar-refractivity contribution in [3.63, 3.8) is 0 Å². The van der Waals surface area contributed by atoms with Gasteiger partial charge in [0.05, 0.1) is 6.10 Å². The van der Waals surface area contributed by atoms with Crippen molar-refractivity contribution in [2.24, 2.45) is 5.73 Å². The Kier molecular flexibility index (Phi) is 9.90. The third-order valence-corrected chi connectivity index (χ3v) is 3.57. The average molecular weight is 339 g/mol. The van der Waals surface area contributed by atoms with Crippen molar-refractivity contribution in [2.45, 2.75) is 26.4 Å². The van der Waals surface area contributed by atoms with Gasteiger partial charge in [0, 0.05) is 30.4 Å². The highest BCUT2D eigenvalue weighted by Crippen LogP contribution is 2.19. The smallest absolute Gasteiger partial charge is 0.0843 e. The summed E-state index contributed by atoms with van der Waals surface area (Å²) in [5.41, 5.74) is 8.59. The fraction of sp³-hybridized carbons (Fsp3) is 0.286. The van der Waals surface area contributed by atoms with Gasteiger partial charge in [-0.15, -0.1) is 0 Å². The first kappa shape index (κ1) is 20.6. The van der Waals surface area contributed by atoms with Gasteiger partial charge >= 0.3 is 0 Å². The molecule has 3 rings (SSSR count). The first-order valence-electron chi connectivity index (χ1n) is 8.69. The van der Waals surface area contributed by atoms with Crippen molar-refractivity contribution >= 4 is 0 Å². The van der Waals surface area contributed by atoms with E-state index in [4.69, 9.17) is 0 Å². The maximum absolute atomic E-state index is 10.2. The van der Waals surface area contributed by atoms with E-state index in [-0.39, 0.29) is 0 Å². The highest BCUT2D eigenvalue weighted by molar-refractivity contribution is 5.62. The molecule has 0 bridgehead atoms. The van der Waals surface area contributed by atoms with Gasteiger partial charge in [-0.05, 0) is 36.5 Å². The van der Waals surface area contributed by atoms with E-state index >= 15 is 0 Å². The predicted octanol–water partition coefficient (Wildman–Crippen LogP) is 3.30. The Hall–Kier alpha value is -2.43. The maximum atomic E-state index is 10.2. The quantitative estimate of drug-likeness (QED) is 0.799. The van der Waals surface area contributed by atoms with E-state index in [9.17, 15) is 5.11 Å². The molecule has 1 aliphatic heterocycles. The molecule has 1 unspecified atom stereocenters. The number of aliphatic hydroxyl groups excluding tert-OH is 1. The lowest BCUT2D eigenvalue weighted by Crippen LogP contribution is -2.18. The van der Waals surface area contributed by atoms with Crippen LogP contribution in [0.1, 0.15) is 19.5 Å². The number of benzene rings is 1. The number of nitrogens with zero attached hydrogens (tertiary/aromatic N) is 1. The number of aliphatic hydroxyl groups is 1. The summed E-state index contributed by atoms with van der Waals surface area (Å²) < 4.78 is 0. The van der Waals surface area contributed by atoms with Crippen LogP contribution in [0.25, 0.3) is 11.1 Å². The molecule has 134 valence electrons. The standard InChI is InChI=1S/C18H18N2O.C2H6.CH5N/c21-18(15-8-10-19-11-9-15)12-17-7-6-16(13-20-17)14-4-2-1-3-5-14;2*1-2/h1-10,13,18-19,21H,11-12H2;1-2H3;2H2,1H3. The number of nitrogens with one attached hydrogen (secondary N) is 1. The minimum Gasteiger partial charge on any atom is -0.388 e. The molecule has 0 radical (unpaired) electrons. The fourth-order valence-electron chi connectivity index (χ4n) is 2.38. The fourth-order valence-corrected chi connectivity index (χ4v) is 2.38. The third kappa shape index (κ3) is 6.53. The van der Waals surface area contributed by atoms with Gasteiger partial charge in [0.2, 0.25) is 0 Å². The van der Waals surface area contributed by atoms with Gasteiger partial charge in [-0.3, -0.25) is 4.98 Å². The lowest BCUT2D eigenvalue weighted by Gasteiger charge is -2.15. The molecular formula is C21H29N3O. The highest BCUT2D eigenvalue weighted by Gasteiger charge is 2.11. The highest BCUT2D eigenvalue weighted by atomic mass is 16.3. The van der Waals surface area contributed by atoms with Crippen molar-refractivity contribution < 1.29 is 5.11 Å². The van der Waals surface area contributed by atoms with Crippen LogP contribution in [-0.4, -0.2) is 29.8 Å². The van der Waals surface area contributed by atoms with E-state index in [0.29, 0.717) is 6.42 Å². The topological polar surface area (TPSA) is 71.2 Å². The minimum atomic E-state index is -0.501. The summed E-state index contributed by atoms with van der Waals surface area (Å²) >= 11 is 0. The molecule has 0 amide bonds. The van der Waals surface area contributed by atoms with Gasteiger partial charge in [0.25, 0.3) is 0 Å². The van der Waals surface area contributed by atoms with Gasteiger partial charge in [-0.25, -0.2) is 0 Å². The van der Waals surface area contributed by atoms with Crippen molar-refractivity contribution in [3.8, 4) is 11.1 Å². The van der Waals surface area contributed by atoms with Crippen LogP contribution in [0.3, 0.4) is 0 Å². The average Bonchev–Trinajstić information content (AvgIpc) is 2.73. The molecule has 1 aromatic heterocycles. The van der Waals surface area contributed by atoms with Crippen LogP contribution in [0.2, 0.25) is 0 Å². The van der Waals surface area contributed by atoms with Crippen LogP contribution < -0.4 is 11.1 Å². The predicted molar refractivity (Wildman–Crippen MR) is 106 cm³/mol. The van der Waals surface area contributed by atoms with Gasteiger partial charge in [0.1, 0.15) is 0 Å². The zero-order chi connectivity index (χ0) is 18.5. The third-order valence-electron chi connectivity index (χ3n) is 3.57. The lowest BCUT2D eigenvalue weighted by atomic mass is 10.0. The van der Waals surface area contributed by atoms with Gasteiger partial charge in [-0.2, -0.15) is 0 Å². The molecule has 0 aliphatic carbocycles. The lowest BCUT2D eigenvalue weighted by molar-refractivity contribution is 0.213. The monoisotopic (exact) mass is 339 g/mol. The molecule has 0 saturated carbocycles. The van der Waals surface area contributed by atoms with Crippen molar-refractivity contribution in [2.75, 3.05) is 13.6 Å². The van der Waals surface area contributed by atoms with Gasteiger partial charge < -0.3 is 16.2 Å². The molecule has 0 saturated heterocycles. The van der Waals surface area contributed by atoms with Crippen LogP contribution in [0.4, 0.5) is 0 Å². The summed E-state index contributed by atoms with van der Waals surface area (Å²) in [6.45, 7) is 4.77. The summed E-state index contributed by atoms with van der Waals surface area (Å²) in [5, 5.41) is 13.3. The molecule has 4 N–H and O–H groups in total. The van der Waals surface area contributed by atoms with Gasteiger partial charge in [0.15, 0.2) is 0 Å². The van der Waals surface area contributed by atoms with Crippen molar-refractivity contribution in [1.29, 1.82) is 0 Å². The normalized spacial score (nSPS) is 13.2. The second-order valence-corrected chi connectivity index (χ2v) is 5.07. The summed E-state index contributed by atoms with van der Waals surface area (Å²) in [7, 11) is 1.50. The number of dihydropyridines is 1. The Labute approximate surface area is 151 Å². The first-order valence-corrected chi connectivity index (χ1v) is 8.69. The van der Waals surface area contributed by atoms with E-state index in [1.54, 1.807) is 0 Å². The Morgan fingerprint density at radius 3 is 2.36 bits per heavy atom. The van der Waals surface area contributed by atoms with Gasteiger partial charge in [-0.1, -0.05) is 56.3 Å². The molecule has 1 atom stereocenters. The van der Waals surface area contributed by atoms with E-state index < -0.39 is 6.10 Å².